The Bertz CT molecular complexity index is 2130. The molecule has 2 bridgehead atoms. The number of nitrogens with one attached hydrogen (secondary N) is 1. The molecule has 4 heterocycles. The van der Waals surface area contributed by atoms with Gasteiger partial charge in [-0.2, -0.15) is 0 Å². The quantitative estimate of drug-likeness (QED) is 0.260. The molecule has 5 aromatic rings. The average Bonchev–Trinajstić information content (AvgIpc) is 3.47. The summed E-state index contributed by atoms with van der Waals surface area (Å²) < 4.78 is 36.9. The van der Waals surface area contributed by atoms with E-state index in [1.165, 1.54) is 19.9 Å². The SMILES string of the molecule is CNS(=O)(=O)c1ccc(-c2ccc3cc(-c4nc5cc(C(=O)N6CC7CCC6[C@@H]7N)cc(OC)c5n4C)n(CC4CC4)c3n2)cc1. The van der Waals surface area contributed by atoms with Crippen molar-refractivity contribution in [3.8, 4) is 28.5 Å². The summed E-state index contributed by atoms with van der Waals surface area (Å²) >= 11 is 0. The van der Waals surface area contributed by atoms with Gasteiger partial charge in [0.25, 0.3) is 5.91 Å². The topological polar surface area (TPSA) is 137 Å². The van der Waals surface area contributed by atoms with E-state index in [2.05, 4.69) is 21.4 Å². The molecule has 3 atom stereocenters. The van der Waals surface area contributed by atoms with Crippen molar-refractivity contribution < 1.29 is 17.9 Å². The average molecular weight is 640 g/mol. The molecular weight excluding hydrogens is 602 g/mol. The van der Waals surface area contributed by atoms with E-state index in [1.807, 2.05) is 34.7 Å². The summed E-state index contributed by atoms with van der Waals surface area (Å²) in [6.07, 6.45) is 4.38. The molecule has 11 nitrogen and oxygen atoms in total. The molecule has 12 heteroatoms. The molecule has 1 aliphatic heterocycles. The molecular formula is C34H37N7O4S. The van der Waals surface area contributed by atoms with Gasteiger partial charge in [-0.05, 0) is 87.0 Å². The van der Waals surface area contributed by atoms with E-state index in [0.717, 1.165) is 58.7 Å². The Morgan fingerprint density at radius 1 is 1.04 bits per heavy atom. The first-order valence-electron chi connectivity index (χ1n) is 15.8. The largest absolute Gasteiger partial charge is 0.494 e. The number of likely N-dealkylation sites (tertiary alicyclic amines) is 1. The van der Waals surface area contributed by atoms with Gasteiger partial charge < -0.3 is 24.5 Å². The number of amides is 1. The zero-order valence-electron chi connectivity index (χ0n) is 26.1. The van der Waals surface area contributed by atoms with Gasteiger partial charge in [-0.3, -0.25) is 4.79 Å². The van der Waals surface area contributed by atoms with E-state index >= 15 is 0 Å². The number of rotatable bonds is 8. The summed E-state index contributed by atoms with van der Waals surface area (Å²) in [5.74, 6) is 2.29. The third kappa shape index (κ3) is 4.61. The van der Waals surface area contributed by atoms with Crippen molar-refractivity contribution in [2.24, 2.45) is 24.6 Å². The predicted octanol–water partition coefficient (Wildman–Crippen LogP) is 4.15. The lowest BCUT2D eigenvalue weighted by Gasteiger charge is -2.27. The number of ether oxygens (including phenoxy) is 1. The van der Waals surface area contributed by atoms with Gasteiger partial charge >= 0.3 is 0 Å². The molecule has 46 heavy (non-hydrogen) atoms. The van der Waals surface area contributed by atoms with Crippen LogP contribution in [0.5, 0.6) is 5.75 Å². The zero-order valence-corrected chi connectivity index (χ0v) is 26.9. The second-order valence-corrected chi connectivity index (χ2v) is 14.8. The number of hydrogen-bond acceptors (Lipinski definition) is 7. The van der Waals surface area contributed by atoms with Gasteiger partial charge in [-0.25, -0.2) is 23.1 Å². The molecule has 2 aliphatic carbocycles. The summed E-state index contributed by atoms with van der Waals surface area (Å²) in [7, 11) is 1.47. The Kier molecular flexibility index (Phi) is 6.75. The second kappa shape index (κ2) is 10.6. The number of aromatic nitrogens is 4. The number of sulfonamides is 1. The van der Waals surface area contributed by atoms with Crippen LogP contribution in [0.25, 0.3) is 44.8 Å². The molecule has 0 spiro atoms. The van der Waals surface area contributed by atoms with Gasteiger partial charge in [0.1, 0.15) is 16.9 Å². The Morgan fingerprint density at radius 2 is 1.83 bits per heavy atom. The minimum Gasteiger partial charge on any atom is -0.494 e. The Labute approximate surface area is 267 Å². The van der Waals surface area contributed by atoms with Crippen molar-refractivity contribution in [3.05, 3.63) is 60.2 Å². The van der Waals surface area contributed by atoms with Crippen molar-refractivity contribution in [2.45, 2.75) is 49.2 Å². The molecule has 2 saturated carbocycles. The van der Waals surface area contributed by atoms with Crippen molar-refractivity contribution in [1.82, 2.24) is 28.7 Å². The van der Waals surface area contributed by atoms with Crippen LogP contribution in [0.3, 0.4) is 0 Å². The van der Waals surface area contributed by atoms with Crippen molar-refractivity contribution in [2.75, 3.05) is 20.7 Å². The lowest BCUT2D eigenvalue weighted by atomic mass is 10.1. The first-order chi connectivity index (χ1) is 22.2. The van der Waals surface area contributed by atoms with Crippen LogP contribution >= 0.6 is 0 Å². The van der Waals surface area contributed by atoms with Crippen LogP contribution < -0.4 is 15.2 Å². The van der Waals surface area contributed by atoms with E-state index in [4.69, 9.17) is 20.4 Å². The molecule has 0 radical (unpaired) electrons. The summed E-state index contributed by atoms with van der Waals surface area (Å²) in [6.45, 7) is 1.52. The number of carbonyl (C=O) groups excluding carboxylic acids is 1. The van der Waals surface area contributed by atoms with E-state index in [1.54, 1.807) is 31.4 Å². The molecule has 3 aliphatic rings. The minimum absolute atomic E-state index is 0.0220. The summed E-state index contributed by atoms with van der Waals surface area (Å²) in [5, 5.41) is 0.990. The van der Waals surface area contributed by atoms with Crippen LogP contribution in [-0.2, 0) is 23.6 Å². The number of methoxy groups -OCH3 is 1. The number of nitrogens with zero attached hydrogens (tertiary/aromatic N) is 5. The normalized spacial score (nSPS) is 21.1. The number of aryl methyl sites for hydroxylation is 1. The Hall–Kier alpha value is -4.26. The van der Waals surface area contributed by atoms with Gasteiger partial charge in [0.15, 0.2) is 5.82 Å². The third-order valence-electron chi connectivity index (χ3n) is 10.2. The van der Waals surface area contributed by atoms with E-state index in [-0.39, 0.29) is 22.9 Å². The van der Waals surface area contributed by atoms with Gasteiger partial charge in [0, 0.05) is 48.7 Å². The number of benzene rings is 2. The fourth-order valence-electron chi connectivity index (χ4n) is 7.41. The lowest BCUT2D eigenvalue weighted by molar-refractivity contribution is 0.0700. The number of fused-ring (bicyclic) bond motifs is 4. The van der Waals surface area contributed by atoms with E-state index < -0.39 is 10.0 Å². The molecule has 3 aromatic heterocycles. The summed E-state index contributed by atoms with van der Waals surface area (Å²) in [6, 6.07) is 16.7. The lowest BCUT2D eigenvalue weighted by Crippen LogP contribution is -2.41. The Balaban J connectivity index is 1.21. The van der Waals surface area contributed by atoms with E-state index in [9.17, 15) is 13.2 Å². The van der Waals surface area contributed by atoms with Crippen molar-refractivity contribution in [1.29, 1.82) is 0 Å². The first kappa shape index (κ1) is 29.2. The van der Waals surface area contributed by atoms with E-state index in [0.29, 0.717) is 35.2 Å². The van der Waals surface area contributed by atoms with Crippen LogP contribution in [0, 0.1) is 11.8 Å². The molecule has 8 rings (SSSR count). The highest BCUT2D eigenvalue weighted by atomic mass is 32.2. The monoisotopic (exact) mass is 639 g/mol. The van der Waals surface area contributed by atoms with Crippen LogP contribution in [0.15, 0.2) is 59.5 Å². The van der Waals surface area contributed by atoms with Gasteiger partial charge in [-0.15, -0.1) is 0 Å². The Morgan fingerprint density at radius 3 is 2.48 bits per heavy atom. The molecule has 238 valence electrons. The van der Waals surface area contributed by atoms with Crippen LogP contribution in [0.2, 0.25) is 0 Å². The smallest absolute Gasteiger partial charge is 0.254 e. The van der Waals surface area contributed by atoms with Crippen molar-refractivity contribution >= 4 is 38.0 Å². The maximum absolute atomic E-state index is 13.7. The minimum atomic E-state index is -3.53. The third-order valence-corrected chi connectivity index (χ3v) is 11.6. The maximum Gasteiger partial charge on any atom is 0.254 e. The number of carbonyl (C=O) groups is 1. The number of imidazole rings is 1. The fraction of sp³-hybridized carbons (Fsp3) is 0.382. The standard InChI is InChI=1S/C34H37N7O4S/c1-36-46(43,44)24-10-6-20(7-11-24)25-12-8-21-15-28(40(32(21)37-25)17-19-4-5-19)33-38-26-14-23(16-29(45-3)31(26)39(33)2)34(42)41-18-22-9-13-27(41)30(22)35/h6-8,10-12,14-16,19,22,27,30,36H,4-5,9,13,17-18,35H2,1-3H3/t22?,27?,30-/m1/s1. The molecule has 1 saturated heterocycles. The summed E-state index contributed by atoms with van der Waals surface area (Å²) in [4.78, 5) is 26.1. The number of hydrogen-bond donors (Lipinski definition) is 2. The van der Waals surface area contributed by atoms with Gasteiger partial charge in [-0.1, -0.05) is 12.1 Å². The van der Waals surface area contributed by atoms with Gasteiger partial charge in [0.2, 0.25) is 10.0 Å². The molecule has 2 unspecified atom stereocenters. The molecule has 3 N–H and O–H groups in total. The highest BCUT2D eigenvalue weighted by molar-refractivity contribution is 7.89. The molecule has 2 aromatic carbocycles. The second-order valence-electron chi connectivity index (χ2n) is 12.9. The number of piperidine rings is 1. The first-order valence-corrected chi connectivity index (χ1v) is 17.3. The maximum atomic E-state index is 13.7. The zero-order chi connectivity index (χ0) is 31.9. The molecule has 3 fully saturated rings. The number of pyridine rings is 1. The molecule has 1 amide bonds. The number of nitrogens with two attached hydrogens (primary N) is 1. The highest BCUT2D eigenvalue weighted by Crippen LogP contribution is 2.40. The van der Waals surface area contributed by atoms with Gasteiger partial charge in [0.05, 0.1) is 28.9 Å². The summed E-state index contributed by atoms with van der Waals surface area (Å²) in [5.41, 5.74) is 11.9. The predicted molar refractivity (Wildman–Crippen MR) is 176 cm³/mol. The highest BCUT2D eigenvalue weighted by Gasteiger charge is 2.47. The van der Waals surface area contributed by atoms with Crippen LogP contribution in [0.1, 0.15) is 36.0 Å². The van der Waals surface area contributed by atoms with Crippen LogP contribution in [0.4, 0.5) is 0 Å². The fourth-order valence-corrected chi connectivity index (χ4v) is 8.14. The van der Waals surface area contributed by atoms with Crippen LogP contribution in [-0.4, -0.2) is 71.1 Å². The van der Waals surface area contributed by atoms with Crippen molar-refractivity contribution in [3.63, 3.8) is 0 Å².